The van der Waals surface area contributed by atoms with Gasteiger partial charge in [-0.25, -0.2) is 15.0 Å². The van der Waals surface area contributed by atoms with E-state index < -0.39 is 0 Å². The molecule has 11 heteroatoms. The number of amides is 2. The first-order chi connectivity index (χ1) is 16.0. The Balaban J connectivity index is 1.35. The molecule has 3 heterocycles. The Labute approximate surface area is 200 Å². The number of aryl methyl sites for hydroxylation is 1. The summed E-state index contributed by atoms with van der Waals surface area (Å²) in [6, 6.07) is 7.18. The second-order valence-corrected chi connectivity index (χ2v) is 9.12. The topological polar surface area (TPSA) is 121 Å². The molecule has 0 saturated carbocycles. The van der Waals surface area contributed by atoms with Crippen molar-refractivity contribution in [2.75, 3.05) is 23.7 Å². The number of carbonyl (C=O) groups excluding carboxylic acids is 2. The van der Waals surface area contributed by atoms with Gasteiger partial charge in [0.25, 0.3) is 5.91 Å². The number of rotatable bonds is 7. The van der Waals surface area contributed by atoms with Crippen LogP contribution in [0.2, 0.25) is 5.02 Å². The highest BCUT2D eigenvalue weighted by atomic mass is 35.5. The molecule has 33 heavy (non-hydrogen) atoms. The van der Waals surface area contributed by atoms with Crippen molar-refractivity contribution in [3.8, 4) is 0 Å². The van der Waals surface area contributed by atoms with Crippen LogP contribution in [0.3, 0.4) is 0 Å². The smallest absolute Gasteiger partial charge is 0.267 e. The molecule has 0 spiro atoms. The summed E-state index contributed by atoms with van der Waals surface area (Å²) in [6.07, 6.45) is 4.61. The van der Waals surface area contributed by atoms with Crippen LogP contribution < -0.4 is 21.3 Å². The van der Waals surface area contributed by atoms with E-state index in [2.05, 4.69) is 36.2 Å². The van der Waals surface area contributed by atoms with E-state index >= 15 is 0 Å². The standard InChI is InChI=1S/C22H24ClN7O2S/c1-13-3-2-4-16(23)19(13)30-21(32)17-11-26-22(33-17)29-18-9-15(27-12-28-18)10-25-20(31)14-5-7-24-8-6-14/h2-4,9,11-12,14,24H,5-8,10H2,1H3,(H,25,31)(H,30,32)(H,26,27,28,29). The van der Waals surface area contributed by atoms with E-state index in [4.69, 9.17) is 11.6 Å². The molecule has 0 radical (unpaired) electrons. The molecule has 1 aromatic carbocycles. The molecule has 0 aliphatic carbocycles. The summed E-state index contributed by atoms with van der Waals surface area (Å²) in [5.41, 5.74) is 2.14. The van der Waals surface area contributed by atoms with Gasteiger partial charge in [0.15, 0.2) is 5.13 Å². The summed E-state index contributed by atoms with van der Waals surface area (Å²) in [4.78, 5) is 38.1. The highest BCUT2D eigenvalue weighted by Crippen LogP contribution is 2.27. The Kier molecular flexibility index (Phi) is 7.48. The Hall–Kier alpha value is -3.08. The van der Waals surface area contributed by atoms with E-state index in [9.17, 15) is 9.59 Å². The Morgan fingerprint density at radius 1 is 1.21 bits per heavy atom. The Bertz CT molecular complexity index is 1130. The summed E-state index contributed by atoms with van der Waals surface area (Å²) < 4.78 is 0. The van der Waals surface area contributed by atoms with Gasteiger partial charge in [0.05, 0.1) is 29.1 Å². The highest BCUT2D eigenvalue weighted by molar-refractivity contribution is 7.17. The molecule has 4 N–H and O–H groups in total. The lowest BCUT2D eigenvalue weighted by Crippen LogP contribution is -2.38. The molecule has 2 aromatic heterocycles. The average Bonchev–Trinajstić information content (AvgIpc) is 3.29. The van der Waals surface area contributed by atoms with Crippen LogP contribution in [0.15, 0.2) is 36.8 Å². The number of anilines is 3. The monoisotopic (exact) mass is 485 g/mol. The molecule has 1 aliphatic heterocycles. The van der Waals surface area contributed by atoms with E-state index in [-0.39, 0.29) is 17.7 Å². The van der Waals surface area contributed by atoms with Crippen LogP contribution in [-0.2, 0) is 11.3 Å². The minimum atomic E-state index is -0.291. The first kappa shape index (κ1) is 23.1. The van der Waals surface area contributed by atoms with Crippen LogP contribution in [0, 0.1) is 12.8 Å². The molecule has 3 aromatic rings. The van der Waals surface area contributed by atoms with Gasteiger partial charge in [-0.05, 0) is 44.5 Å². The second kappa shape index (κ2) is 10.7. The summed E-state index contributed by atoms with van der Waals surface area (Å²) in [5, 5.41) is 13.1. The zero-order valence-corrected chi connectivity index (χ0v) is 19.6. The van der Waals surface area contributed by atoms with Gasteiger partial charge >= 0.3 is 0 Å². The van der Waals surface area contributed by atoms with Gasteiger partial charge in [-0.1, -0.05) is 35.1 Å². The van der Waals surface area contributed by atoms with Crippen LogP contribution in [0.5, 0.6) is 0 Å². The van der Waals surface area contributed by atoms with E-state index in [1.807, 2.05) is 19.1 Å². The van der Waals surface area contributed by atoms with Crippen molar-refractivity contribution in [2.24, 2.45) is 5.92 Å². The van der Waals surface area contributed by atoms with Crippen molar-refractivity contribution >= 4 is 51.4 Å². The number of piperidine rings is 1. The second-order valence-electron chi connectivity index (χ2n) is 7.68. The fourth-order valence-electron chi connectivity index (χ4n) is 3.48. The molecular weight excluding hydrogens is 462 g/mol. The van der Waals surface area contributed by atoms with Gasteiger partial charge in [0.2, 0.25) is 5.91 Å². The van der Waals surface area contributed by atoms with Crippen LogP contribution in [0.4, 0.5) is 16.6 Å². The van der Waals surface area contributed by atoms with Crippen LogP contribution in [0.1, 0.15) is 33.8 Å². The number of benzene rings is 1. The normalized spacial score (nSPS) is 14.0. The molecule has 1 aliphatic rings. The Morgan fingerprint density at radius 3 is 2.82 bits per heavy atom. The lowest BCUT2D eigenvalue weighted by Gasteiger charge is -2.21. The molecular formula is C22H24ClN7O2S. The number of nitrogens with one attached hydrogen (secondary N) is 4. The molecule has 0 unspecified atom stereocenters. The number of nitrogens with zero attached hydrogens (tertiary/aromatic N) is 3. The molecule has 9 nitrogen and oxygen atoms in total. The SMILES string of the molecule is Cc1cccc(Cl)c1NC(=O)c1cnc(Nc2cc(CNC(=O)C3CCNCC3)ncn2)s1. The van der Waals surface area contributed by atoms with Gasteiger partial charge < -0.3 is 21.3 Å². The number of halogens is 1. The van der Waals surface area contributed by atoms with Gasteiger partial charge in [0.1, 0.15) is 17.0 Å². The largest absolute Gasteiger partial charge is 0.350 e. The quantitative estimate of drug-likeness (QED) is 0.404. The van der Waals surface area contributed by atoms with E-state index in [0.717, 1.165) is 31.5 Å². The van der Waals surface area contributed by atoms with Crippen molar-refractivity contribution in [3.05, 3.63) is 57.9 Å². The van der Waals surface area contributed by atoms with Gasteiger partial charge in [-0.2, -0.15) is 0 Å². The Morgan fingerprint density at radius 2 is 2.03 bits per heavy atom. The maximum Gasteiger partial charge on any atom is 0.267 e. The number of para-hydroxylation sites is 1. The lowest BCUT2D eigenvalue weighted by molar-refractivity contribution is -0.125. The predicted molar refractivity (Wildman–Crippen MR) is 129 cm³/mol. The van der Waals surface area contributed by atoms with Crippen LogP contribution in [-0.4, -0.2) is 39.9 Å². The van der Waals surface area contributed by atoms with Crippen molar-refractivity contribution in [1.29, 1.82) is 0 Å². The predicted octanol–water partition coefficient (Wildman–Crippen LogP) is 3.51. The zero-order chi connectivity index (χ0) is 23.2. The van der Waals surface area contributed by atoms with Crippen LogP contribution in [0.25, 0.3) is 0 Å². The summed E-state index contributed by atoms with van der Waals surface area (Å²) in [6.45, 7) is 3.93. The van der Waals surface area contributed by atoms with Gasteiger partial charge in [0, 0.05) is 12.0 Å². The molecule has 1 saturated heterocycles. The van der Waals surface area contributed by atoms with Crippen LogP contribution >= 0.6 is 22.9 Å². The first-order valence-electron chi connectivity index (χ1n) is 10.6. The molecule has 172 valence electrons. The molecule has 1 fully saturated rings. The number of aromatic nitrogens is 3. The van der Waals surface area contributed by atoms with Crippen molar-refractivity contribution in [2.45, 2.75) is 26.3 Å². The number of hydrogen-bond acceptors (Lipinski definition) is 8. The van der Waals surface area contributed by atoms with Gasteiger partial charge in [-0.3, -0.25) is 9.59 Å². The summed E-state index contributed by atoms with van der Waals surface area (Å²) >= 11 is 7.39. The minimum absolute atomic E-state index is 0.0418. The van der Waals surface area contributed by atoms with Crippen molar-refractivity contribution in [3.63, 3.8) is 0 Å². The summed E-state index contributed by atoms with van der Waals surface area (Å²) in [5.74, 6) is 0.328. The average molecular weight is 486 g/mol. The third-order valence-corrected chi connectivity index (χ3v) is 6.53. The summed E-state index contributed by atoms with van der Waals surface area (Å²) in [7, 11) is 0. The molecule has 2 amide bonds. The van der Waals surface area contributed by atoms with E-state index in [1.54, 1.807) is 12.1 Å². The first-order valence-corrected chi connectivity index (χ1v) is 11.8. The highest BCUT2D eigenvalue weighted by Gasteiger charge is 2.20. The maximum atomic E-state index is 12.6. The number of hydrogen-bond donors (Lipinski definition) is 4. The molecule has 0 bridgehead atoms. The van der Waals surface area contributed by atoms with Crippen molar-refractivity contribution < 1.29 is 9.59 Å². The maximum absolute atomic E-state index is 12.6. The van der Waals surface area contributed by atoms with E-state index in [1.165, 1.54) is 23.9 Å². The molecule has 4 rings (SSSR count). The van der Waals surface area contributed by atoms with E-state index in [0.29, 0.717) is 38.8 Å². The number of thiazole rings is 1. The number of carbonyl (C=O) groups is 2. The lowest BCUT2D eigenvalue weighted by atomic mass is 9.97. The third kappa shape index (κ3) is 6.04. The zero-order valence-electron chi connectivity index (χ0n) is 18.0. The van der Waals surface area contributed by atoms with Gasteiger partial charge in [-0.15, -0.1) is 0 Å². The molecule has 0 atom stereocenters. The fourth-order valence-corrected chi connectivity index (χ4v) is 4.47. The fraction of sp³-hybridized carbons (Fsp3) is 0.318. The third-order valence-electron chi connectivity index (χ3n) is 5.30. The minimum Gasteiger partial charge on any atom is -0.350 e. The van der Waals surface area contributed by atoms with Crippen molar-refractivity contribution in [1.82, 2.24) is 25.6 Å².